The molecule has 0 aromatic heterocycles. The van der Waals surface area contributed by atoms with Crippen molar-refractivity contribution < 1.29 is 55.7 Å². The Morgan fingerprint density at radius 2 is 0.896 bits per heavy atom. The summed E-state index contributed by atoms with van der Waals surface area (Å²) in [5.74, 6) is 0. The van der Waals surface area contributed by atoms with Gasteiger partial charge in [0.05, 0.1) is 0 Å². The van der Waals surface area contributed by atoms with Crippen LogP contribution in [0, 0.1) is 46.5 Å². The topological polar surface area (TPSA) is 73.1 Å². The van der Waals surface area contributed by atoms with Crippen molar-refractivity contribution in [3.63, 3.8) is 0 Å². The molecule has 0 saturated carbocycles. The van der Waals surface area contributed by atoms with E-state index in [4.69, 9.17) is 5.73 Å². The summed E-state index contributed by atoms with van der Waals surface area (Å²) in [5.41, 5.74) is 18.1. The molecule has 4 nitrogen and oxygen atoms in total. The van der Waals surface area contributed by atoms with Crippen LogP contribution in [0.5, 0.6) is 0 Å². The van der Waals surface area contributed by atoms with Crippen LogP contribution in [0.1, 0.15) is 72.1 Å². The van der Waals surface area contributed by atoms with Crippen LogP contribution in [-0.2, 0) is 33.9 Å². The molecule has 0 spiro atoms. The zero-order valence-electron chi connectivity index (χ0n) is 41.4. The van der Waals surface area contributed by atoms with E-state index in [1.807, 2.05) is 131 Å². The summed E-state index contributed by atoms with van der Waals surface area (Å²) in [6.07, 6.45) is 22.9. The molecule has 6 heteroatoms. The fraction of sp³-hybridized carbons (Fsp3) is 0.197. The number of anilines is 3. The minimum atomic E-state index is 0. The van der Waals surface area contributed by atoms with Crippen LogP contribution in [0.3, 0.4) is 0 Å². The van der Waals surface area contributed by atoms with E-state index in [0.717, 1.165) is 42.7 Å². The molecule has 67 heavy (non-hydrogen) atoms. The van der Waals surface area contributed by atoms with E-state index in [9.17, 15) is 5.11 Å². The smallest absolute Gasteiger partial charge is 0.854 e. The number of nitrogens with two attached hydrogens (primary N) is 1. The average molecular weight is 1070 g/mol. The SMILES string of the molecule is C#C.C#C.C=Cc1ccccc1.CCCC[O-].CNc1ccc(Cc2ccccc2)cc1.CNc1ccc(N)cc1.Cc1ccccc1.Cc1ccccc1.[CH2-]CC.[Na+].[W].c1ccc2c(c1)C2. The molecule has 7 aromatic carbocycles. The number of aryl methyl sites for hydroxylation is 2. The fourth-order valence-electron chi connectivity index (χ4n) is 4.91. The van der Waals surface area contributed by atoms with E-state index >= 15 is 0 Å². The second kappa shape index (κ2) is 49.9. The maximum absolute atomic E-state index is 9.53. The Morgan fingerprint density at radius 1 is 0.567 bits per heavy atom. The summed E-state index contributed by atoms with van der Waals surface area (Å²) in [7, 11) is 3.82. The van der Waals surface area contributed by atoms with Crippen LogP contribution in [0.4, 0.5) is 17.1 Å². The third kappa shape index (κ3) is 40.5. The van der Waals surface area contributed by atoms with Gasteiger partial charge in [0.25, 0.3) is 0 Å². The molecule has 0 saturated heterocycles. The Hall–Kier alpha value is -5.55. The van der Waals surface area contributed by atoms with Gasteiger partial charge in [0.2, 0.25) is 0 Å². The van der Waals surface area contributed by atoms with Crippen molar-refractivity contribution in [3.05, 3.63) is 247 Å². The first-order valence-electron chi connectivity index (χ1n) is 21.9. The van der Waals surface area contributed by atoms with Gasteiger partial charge in [0, 0.05) is 52.2 Å². The standard InChI is InChI=1S/C14H15N.C8H8.C7H10N2.C7H6.2C7H8.C4H9O.C3H7.2C2H2.Na.W/c1-15-14-9-7-13(8-10-14)11-12-5-3-2-4-6-12;1-2-8-6-4-3-5-7-8;1-9-7-4-2-6(8)3-5-7;1-2-4-7-5-6(7)3-1;2*1-7-5-3-2-4-6-7;1-2-3-4-5;1-3-2;2*1-2;;/h2-10,15H,11H2,1H3;2-7H,1H2;2-5,9H,8H2,1H3;1-4H,5H2;2*2-6H,1H3;2-4H2,1H3;1,3H2,2H3;2*1-2H;;/q;;;;;;2*-1;;;+1;. The van der Waals surface area contributed by atoms with Gasteiger partial charge in [0.1, 0.15) is 0 Å². The normalized spacial score (nSPS) is 8.60. The summed E-state index contributed by atoms with van der Waals surface area (Å²) in [4.78, 5) is 0. The van der Waals surface area contributed by atoms with Crippen molar-refractivity contribution in [2.24, 2.45) is 0 Å². The molecule has 0 bridgehead atoms. The van der Waals surface area contributed by atoms with Crippen molar-refractivity contribution in [2.75, 3.05) is 37.1 Å². The molecule has 4 N–H and O–H groups in total. The number of rotatable bonds is 7. The van der Waals surface area contributed by atoms with Gasteiger partial charge in [0.15, 0.2) is 0 Å². The van der Waals surface area contributed by atoms with Crippen LogP contribution in [0.2, 0.25) is 0 Å². The third-order valence-electron chi connectivity index (χ3n) is 8.48. The first-order valence-corrected chi connectivity index (χ1v) is 21.9. The maximum atomic E-state index is 9.53. The van der Waals surface area contributed by atoms with E-state index in [0.29, 0.717) is 0 Å². The van der Waals surface area contributed by atoms with Crippen LogP contribution in [0.15, 0.2) is 201 Å². The number of unbranched alkanes of at least 4 members (excludes halogenated alkanes) is 1. The molecule has 1 aliphatic rings. The molecule has 0 radical (unpaired) electrons. The summed E-state index contributed by atoms with van der Waals surface area (Å²) in [6.45, 7) is 15.4. The van der Waals surface area contributed by atoms with E-state index < -0.39 is 0 Å². The third-order valence-corrected chi connectivity index (χ3v) is 8.48. The molecule has 0 unspecified atom stereocenters. The number of benzene rings is 7. The number of nitrogens with one attached hydrogen (secondary N) is 2. The minimum Gasteiger partial charge on any atom is -0.854 e. The van der Waals surface area contributed by atoms with Crippen LogP contribution in [0.25, 0.3) is 6.08 Å². The number of hydrogen-bond acceptors (Lipinski definition) is 4. The summed E-state index contributed by atoms with van der Waals surface area (Å²) in [5, 5.41) is 15.6. The van der Waals surface area contributed by atoms with Crippen molar-refractivity contribution in [1.82, 2.24) is 0 Å². The Bertz CT molecular complexity index is 2040. The van der Waals surface area contributed by atoms with Gasteiger partial charge in [-0.1, -0.05) is 208 Å². The molecule has 0 heterocycles. The van der Waals surface area contributed by atoms with Crippen LogP contribution < -0.4 is 51.0 Å². The molecule has 348 valence electrons. The first-order chi connectivity index (χ1) is 31.7. The molecular formula is C61H75N3NaOW-. The maximum Gasteiger partial charge on any atom is 1.00 e. The van der Waals surface area contributed by atoms with Crippen LogP contribution in [-0.4, -0.2) is 20.7 Å². The Morgan fingerprint density at radius 3 is 1.16 bits per heavy atom. The molecule has 0 atom stereocenters. The van der Waals surface area contributed by atoms with Gasteiger partial charge in [-0.15, -0.1) is 32.3 Å². The van der Waals surface area contributed by atoms with E-state index in [1.54, 1.807) is 0 Å². The molecule has 0 fully saturated rings. The molecular weight excluding hydrogens is 998 g/mol. The molecule has 8 rings (SSSR count). The van der Waals surface area contributed by atoms with Gasteiger partial charge in [-0.25, -0.2) is 0 Å². The quantitative estimate of drug-likeness (QED) is 0.0644. The Kier molecular flexibility index (Phi) is 50.6. The van der Waals surface area contributed by atoms with Crippen molar-refractivity contribution >= 4 is 23.1 Å². The average Bonchev–Trinajstić information content (AvgIpc) is 4.17. The largest absolute Gasteiger partial charge is 1.00 e. The van der Waals surface area contributed by atoms with E-state index in [-0.39, 0.29) is 57.2 Å². The van der Waals surface area contributed by atoms with Gasteiger partial charge >= 0.3 is 29.6 Å². The molecule has 0 amide bonds. The number of hydrogen-bond donors (Lipinski definition) is 3. The molecule has 0 aliphatic heterocycles. The predicted octanol–water partition coefficient (Wildman–Crippen LogP) is 11.4. The van der Waals surface area contributed by atoms with Gasteiger partial charge in [-0.3, -0.25) is 0 Å². The van der Waals surface area contributed by atoms with Gasteiger partial charge in [-0.2, -0.15) is 6.42 Å². The van der Waals surface area contributed by atoms with Crippen LogP contribution >= 0.6 is 0 Å². The fourth-order valence-corrected chi connectivity index (χ4v) is 4.91. The zero-order valence-corrected chi connectivity index (χ0v) is 46.3. The summed E-state index contributed by atoms with van der Waals surface area (Å²) in [6, 6.07) is 65.8. The number of nitrogen functional groups attached to an aromatic ring is 1. The van der Waals surface area contributed by atoms with Crippen molar-refractivity contribution in [3.8, 4) is 25.7 Å². The monoisotopic (exact) mass is 1070 g/mol. The zero-order chi connectivity index (χ0) is 48.8. The predicted molar refractivity (Wildman–Crippen MR) is 289 cm³/mol. The van der Waals surface area contributed by atoms with E-state index in [2.05, 4.69) is 161 Å². The summed E-state index contributed by atoms with van der Waals surface area (Å²) >= 11 is 0. The molecule has 7 aromatic rings. The van der Waals surface area contributed by atoms with Gasteiger partial charge < -0.3 is 28.4 Å². The number of fused-ring (bicyclic) bond motifs is 1. The Labute approximate surface area is 444 Å². The first kappa shape index (κ1) is 68.0. The number of terminal acetylenes is 2. The molecule has 1 aliphatic carbocycles. The van der Waals surface area contributed by atoms with Crippen molar-refractivity contribution in [2.45, 2.75) is 59.8 Å². The van der Waals surface area contributed by atoms with Crippen molar-refractivity contribution in [1.29, 1.82) is 0 Å². The van der Waals surface area contributed by atoms with Gasteiger partial charge in [-0.05, 0) is 90.9 Å². The second-order valence-electron chi connectivity index (χ2n) is 13.9. The summed E-state index contributed by atoms with van der Waals surface area (Å²) < 4.78 is 0. The minimum absolute atomic E-state index is 0. The second-order valence-corrected chi connectivity index (χ2v) is 13.9. The van der Waals surface area contributed by atoms with E-state index in [1.165, 1.54) is 45.4 Å². The Balaban J connectivity index is -0.000000344.